The molecule has 2 aromatic carbocycles. The van der Waals surface area contributed by atoms with Crippen molar-refractivity contribution in [1.29, 1.82) is 0 Å². The Morgan fingerprint density at radius 3 is 2.68 bits per heavy atom. The fourth-order valence-corrected chi connectivity index (χ4v) is 1.90. The van der Waals surface area contributed by atoms with Gasteiger partial charge in [0, 0.05) is 12.1 Å². The van der Waals surface area contributed by atoms with Gasteiger partial charge in [-0.05, 0) is 37.6 Å². The van der Waals surface area contributed by atoms with Crippen LogP contribution in [0.1, 0.15) is 18.1 Å². The summed E-state index contributed by atoms with van der Waals surface area (Å²) < 4.78 is 19.2. The molecule has 0 heterocycles. The van der Waals surface area contributed by atoms with Gasteiger partial charge >= 0.3 is 0 Å². The van der Waals surface area contributed by atoms with E-state index in [2.05, 4.69) is 5.32 Å². The van der Waals surface area contributed by atoms with Crippen LogP contribution in [0.3, 0.4) is 0 Å². The molecule has 0 aliphatic heterocycles. The lowest BCUT2D eigenvalue weighted by atomic mass is 10.2. The van der Waals surface area contributed by atoms with Crippen LogP contribution in [0.4, 0.5) is 10.1 Å². The summed E-state index contributed by atoms with van der Waals surface area (Å²) in [6.07, 6.45) is 0. The van der Waals surface area contributed by atoms with Crippen LogP contribution in [0.5, 0.6) is 5.75 Å². The Kier molecular flexibility index (Phi) is 4.39. The van der Waals surface area contributed by atoms with Gasteiger partial charge in [-0.15, -0.1) is 0 Å². The summed E-state index contributed by atoms with van der Waals surface area (Å²) in [5.41, 5.74) is 2.44. The number of benzene rings is 2. The van der Waals surface area contributed by atoms with Crippen molar-refractivity contribution in [2.24, 2.45) is 0 Å². The summed E-state index contributed by atoms with van der Waals surface area (Å²) in [4.78, 5) is 0. The normalized spacial score (nSPS) is 10.3. The lowest BCUT2D eigenvalue weighted by molar-refractivity contribution is 0.337. The van der Waals surface area contributed by atoms with Crippen molar-refractivity contribution < 1.29 is 9.13 Å². The molecule has 0 aliphatic carbocycles. The Labute approximate surface area is 113 Å². The minimum atomic E-state index is -0.228. The van der Waals surface area contributed by atoms with Crippen molar-refractivity contribution in [2.75, 3.05) is 11.9 Å². The van der Waals surface area contributed by atoms with Crippen molar-refractivity contribution >= 4 is 5.69 Å². The third kappa shape index (κ3) is 3.47. The highest BCUT2D eigenvalue weighted by Gasteiger charge is 2.05. The predicted molar refractivity (Wildman–Crippen MR) is 76.1 cm³/mol. The van der Waals surface area contributed by atoms with Crippen LogP contribution in [0.2, 0.25) is 0 Å². The van der Waals surface area contributed by atoms with Crippen molar-refractivity contribution in [2.45, 2.75) is 20.4 Å². The molecule has 19 heavy (non-hydrogen) atoms. The van der Waals surface area contributed by atoms with E-state index in [1.165, 1.54) is 6.07 Å². The first-order valence-corrected chi connectivity index (χ1v) is 6.41. The smallest absolute Gasteiger partial charge is 0.146 e. The zero-order chi connectivity index (χ0) is 13.7. The van der Waals surface area contributed by atoms with Gasteiger partial charge in [0.2, 0.25) is 0 Å². The topological polar surface area (TPSA) is 21.3 Å². The minimum absolute atomic E-state index is 0.228. The Morgan fingerprint density at radius 2 is 1.95 bits per heavy atom. The number of nitrogens with one attached hydrogen (secondary N) is 1. The van der Waals surface area contributed by atoms with Crippen LogP contribution in [-0.4, -0.2) is 6.61 Å². The number of hydrogen-bond donors (Lipinski definition) is 1. The molecule has 0 saturated heterocycles. The van der Waals surface area contributed by atoms with Crippen molar-refractivity contribution in [1.82, 2.24) is 0 Å². The molecule has 0 amide bonds. The molecular weight excluding hydrogens is 241 g/mol. The van der Waals surface area contributed by atoms with E-state index in [1.54, 1.807) is 6.07 Å². The largest absolute Gasteiger partial charge is 0.494 e. The number of aryl methyl sites for hydroxylation is 1. The molecule has 0 radical (unpaired) electrons. The quantitative estimate of drug-likeness (QED) is 0.871. The Hall–Kier alpha value is -2.03. The number of para-hydroxylation sites is 1. The van der Waals surface area contributed by atoms with E-state index in [9.17, 15) is 4.39 Å². The maximum atomic E-state index is 13.7. The molecule has 0 spiro atoms. The summed E-state index contributed by atoms with van der Waals surface area (Å²) in [5, 5.41) is 3.10. The van der Waals surface area contributed by atoms with Crippen LogP contribution in [0.15, 0.2) is 42.5 Å². The first-order chi connectivity index (χ1) is 9.20. The van der Waals surface area contributed by atoms with Gasteiger partial charge in [-0.25, -0.2) is 4.39 Å². The second kappa shape index (κ2) is 6.23. The Balaban J connectivity index is 2.10. The third-order valence-electron chi connectivity index (χ3n) is 2.87. The second-order valence-electron chi connectivity index (χ2n) is 4.38. The van der Waals surface area contributed by atoms with Crippen LogP contribution < -0.4 is 10.1 Å². The van der Waals surface area contributed by atoms with Crippen molar-refractivity contribution in [3.8, 4) is 5.75 Å². The van der Waals surface area contributed by atoms with Gasteiger partial charge in [0.05, 0.1) is 12.3 Å². The minimum Gasteiger partial charge on any atom is -0.494 e. The molecule has 0 atom stereocenters. The number of rotatable bonds is 5. The standard InChI is InChI=1S/C16H18FNO/c1-3-19-16-7-5-4-6-13(16)11-18-15-9-8-12(2)10-14(15)17/h4-10,18H,3,11H2,1-2H3. The van der Waals surface area contributed by atoms with Crippen LogP contribution in [0.25, 0.3) is 0 Å². The Bertz CT molecular complexity index is 554. The monoisotopic (exact) mass is 259 g/mol. The summed E-state index contributed by atoms with van der Waals surface area (Å²) in [5.74, 6) is 0.610. The first-order valence-electron chi connectivity index (χ1n) is 6.41. The first kappa shape index (κ1) is 13.4. The number of hydrogen-bond acceptors (Lipinski definition) is 2. The van der Waals surface area contributed by atoms with E-state index in [0.717, 1.165) is 16.9 Å². The van der Waals surface area contributed by atoms with E-state index in [0.29, 0.717) is 18.8 Å². The summed E-state index contributed by atoms with van der Waals surface area (Å²) in [6.45, 7) is 4.98. The molecule has 0 aromatic heterocycles. The van der Waals surface area contributed by atoms with E-state index in [1.807, 2.05) is 44.2 Å². The molecule has 3 heteroatoms. The van der Waals surface area contributed by atoms with Gasteiger partial charge in [0.15, 0.2) is 0 Å². The molecule has 100 valence electrons. The predicted octanol–water partition coefficient (Wildman–Crippen LogP) is 4.14. The highest BCUT2D eigenvalue weighted by atomic mass is 19.1. The van der Waals surface area contributed by atoms with E-state index in [4.69, 9.17) is 4.74 Å². The molecule has 1 N–H and O–H groups in total. The average Bonchev–Trinajstić information content (AvgIpc) is 2.40. The zero-order valence-electron chi connectivity index (χ0n) is 11.2. The fraction of sp³-hybridized carbons (Fsp3) is 0.250. The summed E-state index contributed by atoms with van der Waals surface area (Å²) in [7, 11) is 0. The maximum Gasteiger partial charge on any atom is 0.146 e. The molecule has 0 unspecified atom stereocenters. The van der Waals surface area contributed by atoms with Crippen LogP contribution in [-0.2, 0) is 6.54 Å². The molecule has 2 rings (SSSR count). The number of ether oxygens (including phenoxy) is 1. The van der Waals surface area contributed by atoms with Gasteiger partial charge < -0.3 is 10.1 Å². The molecule has 0 bridgehead atoms. The molecule has 0 aliphatic rings. The molecular formula is C16H18FNO. The van der Waals surface area contributed by atoms with E-state index < -0.39 is 0 Å². The van der Waals surface area contributed by atoms with Gasteiger partial charge in [-0.3, -0.25) is 0 Å². The molecule has 2 nitrogen and oxygen atoms in total. The zero-order valence-corrected chi connectivity index (χ0v) is 11.2. The summed E-state index contributed by atoms with van der Waals surface area (Å²) >= 11 is 0. The highest BCUT2D eigenvalue weighted by molar-refractivity contribution is 5.47. The van der Waals surface area contributed by atoms with Crippen molar-refractivity contribution in [3.05, 3.63) is 59.4 Å². The fourth-order valence-electron chi connectivity index (χ4n) is 1.90. The lowest BCUT2D eigenvalue weighted by Gasteiger charge is -2.12. The average molecular weight is 259 g/mol. The highest BCUT2D eigenvalue weighted by Crippen LogP contribution is 2.21. The SMILES string of the molecule is CCOc1ccccc1CNc1ccc(C)cc1F. The number of anilines is 1. The second-order valence-corrected chi connectivity index (χ2v) is 4.38. The maximum absolute atomic E-state index is 13.7. The molecule has 2 aromatic rings. The summed E-state index contributed by atoms with van der Waals surface area (Å²) in [6, 6.07) is 13.0. The van der Waals surface area contributed by atoms with Gasteiger partial charge in [-0.2, -0.15) is 0 Å². The van der Waals surface area contributed by atoms with Gasteiger partial charge in [-0.1, -0.05) is 24.3 Å². The lowest BCUT2D eigenvalue weighted by Crippen LogP contribution is -2.04. The number of halogens is 1. The van der Waals surface area contributed by atoms with Gasteiger partial charge in [0.1, 0.15) is 11.6 Å². The van der Waals surface area contributed by atoms with Crippen LogP contribution in [0, 0.1) is 12.7 Å². The van der Waals surface area contributed by atoms with E-state index >= 15 is 0 Å². The van der Waals surface area contributed by atoms with Gasteiger partial charge in [0.25, 0.3) is 0 Å². The van der Waals surface area contributed by atoms with Crippen LogP contribution >= 0.6 is 0 Å². The Morgan fingerprint density at radius 1 is 1.16 bits per heavy atom. The van der Waals surface area contributed by atoms with E-state index in [-0.39, 0.29) is 5.82 Å². The third-order valence-corrected chi connectivity index (χ3v) is 2.87. The van der Waals surface area contributed by atoms with Crippen molar-refractivity contribution in [3.63, 3.8) is 0 Å². The molecule has 0 fully saturated rings. The molecule has 0 saturated carbocycles.